The van der Waals surface area contributed by atoms with Gasteiger partial charge < -0.3 is 19.0 Å². The van der Waals surface area contributed by atoms with Gasteiger partial charge in [-0.25, -0.2) is 10.2 Å². The molecule has 0 atom stereocenters. The van der Waals surface area contributed by atoms with Crippen molar-refractivity contribution in [2.75, 3.05) is 7.11 Å². The van der Waals surface area contributed by atoms with Crippen LogP contribution in [0.2, 0.25) is 10.0 Å². The molecule has 0 fully saturated rings. The van der Waals surface area contributed by atoms with Gasteiger partial charge in [0.1, 0.15) is 12.4 Å². The Kier molecular flexibility index (Phi) is 7.17. The van der Waals surface area contributed by atoms with Crippen molar-refractivity contribution in [2.45, 2.75) is 6.61 Å². The predicted molar refractivity (Wildman–Crippen MR) is 115 cm³/mol. The van der Waals surface area contributed by atoms with Crippen LogP contribution in [0.15, 0.2) is 58.0 Å². The highest BCUT2D eigenvalue weighted by atomic mass is 35.5. The number of rotatable bonds is 8. The second-order valence-corrected chi connectivity index (χ2v) is 6.94. The van der Waals surface area contributed by atoms with E-state index in [1.807, 2.05) is 0 Å². The van der Waals surface area contributed by atoms with E-state index in [1.54, 1.807) is 24.3 Å². The van der Waals surface area contributed by atoms with E-state index in [0.717, 1.165) is 0 Å². The molecule has 3 aromatic rings. The summed E-state index contributed by atoms with van der Waals surface area (Å²) < 4.78 is 16.1. The van der Waals surface area contributed by atoms with Gasteiger partial charge in [-0.2, -0.15) is 5.10 Å². The molecular formula is C21H16Cl2N2O6. The van der Waals surface area contributed by atoms with Gasteiger partial charge in [0.05, 0.1) is 23.9 Å². The molecule has 1 amide bonds. The summed E-state index contributed by atoms with van der Waals surface area (Å²) in [6.07, 6.45) is 1.43. The molecule has 2 N–H and O–H groups in total. The van der Waals surface area contributed by atoms with Crippen LogP contribution in [0.3, 0.4) is 0 Å². The number of halogens is 2. The van der Waals surface area contributed by atoms with Crippen molar-refractivity contribution in [1.82, 2.24) is 5.43 Å². The van der Waals surface area contributed by atoms with Crippen LogP contribution in [-0.2, 0) is 6.61 Å². The number of amides is 1. The molecule has 160 valence electrons. The number of aromatic carboxylic acids is 1. The summed E-state index contributed by atoms with van der Waals surface area (Å²) in [4.78, 5) is 23.0. The van der Waals surface area contributed by atoms with Gasteiger partial charge in [-0.1, -0.05) is 23.2 Å². The molecular weight excluding hydrogens is 447 g/mol. The minimum atomic E-state index is -1.15. The third-order valence-electron chi connectivity index (χ3n) is 3.99. The Labute approximate surface area is 187 Å². The quantitative estimate of drug-likeness (QED) is 0.372. The highest BCUT2D eigenvalue weighted by molar-refractivity contribution is 6.36. The molecule has 0 saturated carbocycles. The Morgan fingerprint density at radius 2 is 1.94 bits per heavy atom. The second kappa shape index (κ2) is 10.0. The monoisotopic (exact) mass is 462 g/mol. The first-order valence-electron chi connectivity index (χ1n) is 8.78. The molecule has 0 aliphatic carbocycles. The van der Waals surface area contributed by atoms with Crippen LogP contribution in [-0.4, -0.2) is 30.3 Å². The average molecular weight is 463 g/mol. The number of furan rings is 1. The second-order valence-electron chi connectivity index (χ2n) is 6.09. The molecule has 3 rings (SSSR count). The van der Waals surface area contributed by atoms with E-state index in [4.69, 9.17) is 42.2 Å². The van der Waals surface area contributed by atoms with Gasteiger partial charge in [-0.3, -0.25) is 4.79 Å². The maximum absolute atomic E-state index is 12.2. The molecule has 1 aromatic heterocycles. The number of hydrazone groups is 1. The molecule has 0 bridgehead atoms. The summed E-state index contributed by atoms with van der Waals surface area (Å²) in [7, 11) is 1.48. The SMILES string of the molecule is COc1cc(C=NNC(=O)c2ccc(Cl)cc2Cl)ccc1OCc1ccc(C(=O)O)o1. The Morgan fingerprint density at radius 3 is 2.61 bits per heavy atom. The molecule has 0 radical (unpaired) electrons. The summed E-state index contributed by atoms with van der Waals surface area (Å²) in [6.45, 7) is 0.0228. The maximum Gasteiger partial charge on any atom is 0.371 e. The van der Waals surface area contributed by atoms with Gasteiger partial charge in [0.25, 0.3) is 5.91 Å². The predicted octanol–water partition coefficient (Wildman–Crippen LogP) is 4.64. The van der Waals surface area contributed by atoms with Crippen molar-refractivity contribution in [3.63, 3.8) is 0 Å². The number of methoxy groups -OCH3 is 1. The van der Waals surface area contributed by atoms with Crippen molar-refractivity contribution in [3.05, 3.63) is 81.2 Å². The topological polar surface area (TPSA) is 110 Å². The zero-order valence-corrected chi connectivity index (χ0v) is 17.6. The van der Waals surface area contributed by atoms with E-state index >= 15 is 0 Å². The van der Waals surface area contributed by atoms with Gasteiger partial charge in [0.2, 0.25) is 5.76 Å². The normalized spacial score (nSPS) is 10.8. The van der Waals surface area contributed by atoms with Crippen LogP contribution in [0.25, 0.3) is 0 Å². The lowest BCUT2D eigenvalue weighted by Crippen LogP contribution is -2.18. The van der Waals surface area contributed by atoms with E-state index in [-0.39, 0.29) is 23.0 Å². The lowest BCUT2D eigenvalue weighted by atomic mass is 10.2. The fourth-order valence-electron chi connectivity index (χ4n) is 2.50. The third kappa shape index (κ3) is 5.78. The minimum absolute atomic E-state index is 0.0228. The molecule has 0 unspecified atom stereocenters. The van der Waals surface area contributed by atoms with E-state index in [1.165, 1.54) is 37.6 Å². The first kappa shape index (κ1) is 22.2. The van der Waals surface area contributed by atoms with Crippen LogP contribution in [0.1, 0.15) is 32.2 Å². The minimum Gasteiger partial charge on any atom is -0.493 e. The third-order valence-corrected chi connectivity index (χ3v) is 4.53. The highest BCUT2D eigenvalue weighted by Crippen LogP contribution is 2.28. The van der Waals surface area contributed by atoms with Crippen LogP contribution in [0.5, 0.6) is 11.5 Å². The maximum atomic E-state index is 12.2. The molecule has 1 heterocycles. The molecule has 10 heteroatoms. The summed E-state index contributed by atoms with van der Waals surface area (Å²) in [5.41, 5.74) is 3.27. The Balaban J connectivity index is 1.63. The van der Waals surface area contributed by atoms with Crippen molar-refractivity contribution >= 4 is 41.3 Å². The smallest absolute Gasteiger partial charge is 0.371 e. The van der Waals surface area contributed by atoms with Gasteiger partial charge >= 0.3 is 5.97 Å². The number of carbonyl (C=O) groups excluding carboxylic acids is 1. The Bertz CT molecular complexity index is 1140. The zero-order valence-electron chi connectivity index (χ0n) is 16.1. The van der Waals surface area contributed by atoms with E-state index in [2.05, 4.69) is 10.5 Å². The van der Waals surface area contributed by atoms with Crippen molar-refractivity contribution in [1.29, 1.82) is 0 Å². The number of hydrogen-bond acceptors (Lipinski definition) is 6. The van der Waals surface area contributed by atoms with Crippen LogP contribution >= 0.6 is 23.2 Å². The largest absolute Gasteiger partial charge is 0.493 e. The fraction of sp³-hybridized carbons (Fsp3) is 0.0952. The van der Waals surface area contributed by atoms with E-state index in [9.17, 15) is 9.59 Å². The number of hydrogen-bond donors (Lipinski definition) is 2. The molecule has 0 saturated heterocycles. The van der Waals surface area contributed by atoms with Crippen molar-refractivity contribution < 1.29 is 28.6 Å². The number of benzene rings is 2. The average Bonchev–Trinajstić information content (AvgIpc) is 3.22. The summed E-state index contributed by atoms with van der Waals surface area (Å²) in [5.74, 6) is -0.611. The first-order chi connectivity index (χ1) is 14.9. The molecule has 0 aliphatic rings. The van der Waals surface area contributed by atoms with E-state index < -0.39 is 11.9 Å². The Morgan fingerprint density at radius 1 is 1.13 bits per heavy atom. The number of carboxylic acid groups (broad SMARTS) is 1. The molecule has 31 heavy (non-hydrogen) atoms. The van der Waals surface area contributed by atoms with Crippen molar-refractivity contribution in [2.24, 2.45) is 5.10 Å². The van der Waals surface area contributed by atoms with Gasteiger partial charge in [-0.05, 0) is 54.1 Å². The molecule has 0 aliphatic heterocycles. The summed E-state index contributed by atoms with van der Waals surface area (Å²) >= 11 is 11.8. The Hall–Kier alpha value is -3.49. The number of nitrogens with one attached hydrogen (secondary N) is 1. The van der Waals surface area contributed by atoms with Crippen LogP contribution in [0, 0.1) is 0 Å². The lowest BCUT2D eigenvalue weighted by Gasteiger charge is -2.10. The number of carbonyl (C=O) groups is 2. The van der Waals surface area contributed by atoms with Gasteiger partial charge in [0, 0.05) is 5.02 Å². The fourth-order valence-corrected chi connectivity index (χ4v) is 3.00. The molecule has 2 aromatic carbocycles. The van der Waals surface area contributed by atoms with E-state index in [0.29, 0.717) is 27.8 Å². The van der Waals surface area contributed by atoms with Crippen molar-refractivity contribution in [3.8, 4) is 11.5 Å². The number of ether oxygens (including phenoxy) is 2. The van der Waals surface area contributed by atoms with Gasteiger partial charge in [-0.15, -0.1) is 0 Å². The first-order valence-corrected chi connectivity index (χ1v) is 9.54. The number of nitrogens with zero attached hydrogens (tertiary/aromatic N) is 1. The molecule has 0 spiro atoms. The lowest BCUT2D eigenvalue weighted by molar-refractivity contribution is 0.0657. The zero-order chi connectivity index (χ0) is 22.4. The summed E-state index contributed by atoms with van der Waals surface area (Å²) in [6, 6.07) is 12.4. The van der Waals surface area contributed by atoms with Gasteiger partial charge in [0.15, 0.2) is 11.5 Å². The van der Waals surface area contributed by atoms with Crippen LogP contribution in [0.4, 0.5) is 0 Å². The standard InChI is InChI=1S/C21H16Cl2N2O6/c1-29-19-8-12(10-24-25-20(26)15-5-3-13(22)9-16(15)23)2-6-17(19)30-11-14-4-7-18(31-14)21(27)28/h2-10H,11H2,1H3,(H,25,26)(H,27,28). The summed E-state index contributed by atoms with van der Waals surface area (Å²) in [5, 5.41) is 13.4. The van der Waals surface area contributed by atoms with Crippen LogP contribution < -0.4 is 14.9 Å². The highest BCUT2D eigenvalue weighted by Gasteiger charge is 2.12. The molecule has 8 nitrogen and oxygen atoms in total. The number of carboxylic acids is 1.